The summed E-state index contributed by atoms with van der Waals surface area (Å²) in [5, 5.41) is 12.9. The van der Waals surface area contributed by atoms with Crippen LogP contribution < -0.4 is 10.1 Å². The Morgan fingerprint density at radius 1 is 1.41 bits per heavy atom. The third-order valence-electron chi connectivity index (χ3n) is 3.47. The van der Waals surface area contributed by atoms with Gasteiger partial charge >= 0.3 is 0 Å². The Balaban J connectivity index is 2.14. The fourth-order valence-electron chi connectivity index (χ4n) is 2.14. The van der Waals surface area contributed by atoms with Crippen molar-refractivity contribution < 1.29 is 9.84 Å². The zero-order chi connectivity index (χ0) is 12.3. The number of rotatable bonds is 4. The Morgan fingerprint density at radius 2 is 2.18 bits per heavy atom. The van der Waals surface area contributed by atoms with Crippen LogP contribution >= 0.6 is 0 Å². The molecule has 1 aliphatic rings. The van der Waals surface area contributed by atoms with E-state index < -0.39 is 6.10 Å². The molecule has 1 fully saturated rings. The third-order valence-corrected chi connectivity index (χ3v) is 3.47. The van der Waals surface area contributed by atoms with Gasteiger partial charge in [0.2, 0.25) is 0 Å². The molecule has 1 saturated heterocycles. The van der Waals surface area contributed by atoms with Crippen molar-refractivity contribution in [2.45, 2.75) is 38.4 Å². The van der Waals surface area contributed by atoms with E-state index in [4.69, 9.17) is 4.74 Å². The van der Waals surface area contributed by atoms with E-state index in [-0.39, 0.29) is 6.10 Å². The molecule has 3 heteroatoms. The van der Waals surface area contributed by atoms with E-state index in [0.29, 0.717) is 12.5 Å². The van der Waals surface area contributed by atoms with Crippen LogP contribution in [-0.2, 0) is 0 Å². The zero-order valence-corrected chi connectivity index (χ0v) is 10.5. The zero-order valence-electron chi connectivity index (χ0n) is 10.5. The molecule has 1 aromatic rings. The average Bonchev–Trinajstić information content (AvgIpc) is 2.75. The number of ether oxygens (including phenoxy) is 1. The predicted molar refractivity (Wildman–Crippen MR) is 68.4 cm³/mol. The molecular formula is C14H21NO2. The first kappa shape index (κ1) is 12.4. The number of aliphatic hydroxyl groups is 1. The monoisotopic (exact) mass is 235 g/mol. The van der Waals surface area contributed by atoms with E-state index in [0.717, 1.165) is 18.7 Å². The lowest BCUT2D eigenvalue weighted by Gasteiger charge is -2.20. The Bertz CT molecular complexity index is 367. The first-order valence-electron chi connectivity index (χ1n) is 6.36. The molecule has 0 aliphatic carbocycles. The van der Waals surface area contributed by atoms with Gasteiger partial charge in [-0.3, -0.25) is 0 Å². The number of β-amino-alcohol motifs (C(OH)–C–C–N with tert-alkyl or cyclic N) is 1. The van der Waals surface area contributed by atoms with Crippen molar-refractivity contribution in [2.24, 2.45) is 0 Å². The van der Waals surface area contributed by atoms with Gasteiger partial charge < -0.3 is 15.2 Å². The maximum absolute atomic E-state index is 9.75. The maximum Gasteiger partial charge on any atom is 0.138 e. The van der Waals surface area contributed by atoms with Crippen LogP contribution in [0.2, 0.25) is 0 Å². The van der Waals surface area contributed by atoms with Crippen molar-refractivity contribution in [2.75, 3.05) is 13.1 Å². The van der Waals surface area contributed by atoms with Crippen molar-refractivity contribution in [3.8, 4) is 5.75 Å². The molecule has 0 amide bonds. The van der Waals surface area contributed by atoms with E-state index in [1.807, 2.05) is 18.2 Å². The summed E-state index contributed by atoms with van der Waals surface area (Å²) in [6.45, 7) is 5.71. The topological polar surface area (TPSA) is 41.5 Å². The molecular weight excluding hydrogens is 214 g/mol. The van der Waals surface area contributed by atoms with Gasteiger partial charge in [-0.1, -0.05) is 32.0 Å². The Hall–Kier alpha value is -1.06. The fourth-order valence-corrected chi connectivity index (χ4v) is 2.14. The summed E-state index contributed by atoms with van der Waals surface area (Å²) < 4.78 is 5.93. The molecule has 94 valence electrons. The van der Waals surface area contributed by atoms with Gasteiger partial charge in [-0.2, -0.15) is 0 Å². The van der Waals surface area contributed by atoms with Crippen LogP contribution in [0.3, 0.4) is 0 Å². The average molecular weight is 235 g/mol. The molecule has 1 aromatic carbocycles. The molecule has 1 aliphatic heterocycles. The first-order valence-corrected chi connectivity index (χ1v) is 6.36. The van der Waals surface area contributed by atoms with E-state index in [9.17, 15) is 5.11 Å². The van der Waals surface area contributed by atoms with Crippen LogP contribution in [0.1, 0.15) is 31.7 Å². The summed E-state index contributed by atoms with van der Waals surface area (Å²) in [5.74, 6) is 1.40. The predicted octanol–water partition coefficient (Wildman–Crippen LogP) is 1.91. The summed E-state index contributed by atoms with van der Waals surface area (Å²) in [7, 11) is 0. The summed E-state index contributed by atoms with van der Waals surface area (Å²) in [6.07, 6.45) is 0.562. The first-order chi connectivity index (χ1) is 8.22. The molecule has 17 heavy (non-hydrogen) atoms. The molecule has 0 bridgehead atoms. The highest BCUT2D eigenvalue weighted by Crippen LogP contribution is 2.29. The quantitative estimate of drug-likeness (QED) is 0.837. The van der Waals surface area contributed by atoms with Gasteiger partial charge in [-0.25, -0.2) is 0 Å². The number of para-hydroxylation sites is 1. The summed E-state index contributed by atoms with van der Waals surface area (Å²) in [5.41, 5.74) is 1.23. The highest BCUT2D eigenvalue weighted by atomic mass is 16.5. The standard InChI is InChI=1S/C14H21NO2/c1-3-10(2)11-6-4-5-7-13(11)17-14-9-15-8-12(14)16/h4-7,10,12,14-16H,3,8-9H2,1-2H3. The highest BCUT2D eigenvalue weighted by molar-refractivity contribution is 5.36. The van der Waals surface area contributed by atoms with Crippen molar-refractivity contribution >= 4 is 0 Å². The molecule has 0 radical (unpaired) electrons. The van der Waals surface area contributed by atoms with E-state index >= 15 is 0 Å². The Morgan fingerprint density at radius 3 is 2.82 bits per heavy atom. The number of hydrogen-bond acceptors (Lipinski definition) is 3. The fraction of sp³-hybridized carbons (Fsp3) is 0.571. The molecule has 1 heterocycles. The maximum atomic E-state index is 9.75. The molecule has 3 unspecified atom stereocenters. The minimum absolute atomic E-state index is 0.125. The highest BCUT2D eigenvalue weighted by Gasteiger charge is 2.27. The van der Waals surface area contributed by atoms with Crippen LogP contribution in [0.15, 0.2) is 24.3 Å². The van der Waals surface area contributed by atoms with Crippen LogP contribution in [-0.4, -0.2) is 30.4 Å². The Labute approximate surface area is 103 Å². The minimum Gasteiger partial charge on any atom is -0.486 e. The minimum atomic E-state index is -0.403. The third kappa shape index (κ3) is 2.79. The molecule has 2 rings (SSSR count). The molecule has 0 spiro atoms. The second-order valence-corrected chi connectivity index (χ2v) is 4.73. The van der Waals surface area contributed by atoms with Gasteiger partial charge in [0.25, 0.3) is 0 Å². The van der Waals surface area contributed by atoms with Gasteiger partial charge in [0.1, 0.15) is 18.0 Å². The van der Waals surface area contributed by atoms with Crippen LogP contribution in [0, 0.1) is 0 Å². The molecule has 3 nitrogen and oxygen atoms in total. The van der Waals surface area contributed by atoms with Crippen LogP contribution in [0.5, 0.6) is 5.75 Å². The van der Waals surface area contributed by atoms with Gasteiger partial charge in [-0.15, -0.1) is 0 Å². The van der Waals surface area contributed by atoms with Crippen molar-refractivity contribution in [3.63, 3.8) is 0 Å². The second kappa shape index (κ2) is 5.52. The molecule has 2 N–H and O–H groups in total. The SMILES string of the molecule is CCC(C)c1ccccc1OC1CNCC1O. The molecule has 0 saturated carbocycles. The van der Waals surface area contributed by atoms with Gasteiger partial charge in [0.05, 0.1) is 0 Å². The normalized spacial score (nSPS) is 25.8. The largest absolute Gasteiger partial charge is 0.486 e. The second-order valence-electron chi connectivity index (χ2n) is 4.73. The number of nitrogens with one attached hydrogen (secondary N) is 1. The number of hydrogen-bond donors (Lipinski definition) is 2. The van der Waals surface area contributed by atoms with Crippen molar-refractivity contribution in [1.29, 1.82) is 0 Å². The van der Waals surface area contributed by atoms with Gasteiger partial charge in [-0.05, 0) is 24.0 Å². The number of benzene rings is 1. The van der Waals surface area contributed by atoms with Gasteiger partial charge in [0.15, 0.2) is 0 Å². The van der Waals surface area contributed by atoms with E-state index in [1.165, 1.54) is 5.56 Å². The smallest absolute Gasteiger partial charge is 0.138 e. The molecule has 3 atom stereocenters. The van der Waals surface area contributed by atoms with Crippen LogP contribution in [0.25, 0.3) is 0 Å². The van der Waals surface area contributed by atoms with Crippen LogP contribution in [0.4, 0.5) is 0 Å². The lowest BCUT2D eigenvalue weighted by Crippen LogP contribution is -2.30. The van der Waals surface area contributed by atoms with Crippen molar-refractivity contribution in [1.82, 2.24) is 5.32 Å². The summed E-state index contributed by atoms with van der Waals surface area (Å²) in [4.78, 5) is 0. The van der Waals surface area contributed by atoms with Crippen molar-refractivity contribution in [3.05, 3.63) is 29.8 Å². The Kier molecular flexibility index (Phi) is 4.02. The van der Waals surface area contributed by atoms with E-state index in [1.54, 1.807) is 0 Å². The van der Waals surface area contributed by atoms with E-state index in [2.05, 4.69) is 25.2 Å². The number of aliphatic hydroxyl groups excluding tert-OH is 1. The lowest BCUT2D eigenvalue weighted by atomic mass is 9.98. The summed E-state index contributed by atoms with van der Waals surface area (Å²) in [6, 6.07) is 8.12. The summed E-state index contributed by atoms with van der Waals surface area (Å²) >= 11 is 0. The van der Waals surface area contributed by atoms with Gasteiger partial charge in [0, 0.05) is 13.1 Å². The molecule has 0 aromatic heterocycles. The lowest BCUT2D eigenvalue weighted by molar-refractivity contribution is 0.0729.